The third-order valence-electron chi connectivity index (χ3n) is 3.99. The Labute approximate surface area is 125 Å². The van der Waals surface area contributed by atoms with Gasteiger partial charge in [0.05, 0.1) is 17.1 Å². The summed E-state index contributed by atoms with van der Waals surface area (Å²) in [7, 11) is 2.14. The molecular formula is C18H21N3. The third kappa shape index (κ3) is 2.98. The zero-order chi connectivity index (χ0) is 14.8. The van der Waals surface area contributed by atoms with Gasteiger partial charge in [-0.1, -0.05) is 36.4 Å². The van der Waals surface area contributed by atoms with Gasteiger partial charge in [0.15, 0.2) is 0 Å². The van der Waals surface area contributed by atoms with Gasteiger partial charge in [-0.15, -0.1) is 0 Å². The molecule has 3 rings (SSSR count). The van der Waals surface area contributed by atoms with Crippen LogP contribution in [0.5, 0.6) is 0 Å². The Balaban J connectivity index is 1.80. The number of aryl methyl sites for hydroxylation is 1. The smallest absolute Gasteiger partial charge is 0.124 e. The van der Waals surface area contributed by atoms with Crippen LogP contribution >= 0.6 is 0 Å². The number of aromatic amines is 1. The minimum Gasteiger partial charge on any atom is -0.341 e. The molecule has 21 heavy (non-hydrogen) atoms. The Kier molecular flexibility index (Phi) is 3.76. The number of fused-ring (bicyclic) bond motifs is 1. The average Bonchev–Trinajstić information content (AvgIpc) is 2.90. The lowest BCUT2D eigenvalue weighted by atomic mass is 10.2. The maximum Gasteiger partial charge on any atom is 0.124 e. The Morgan fingerprint density at radius 1 is 1.14 bits per heavy atom. The van der Waals surface area contributed by atoms with Crippen LogP contribution < -0.4 is 0 Å². The summed E-state index contributed by atoms with van der Waals surface area (Å²) >= 11 is 0. The van der Waals surface area contributed by atoms with Gasteiger partial charge in [0.25, 0.3) is 0 Å². The van der Waals surface area contributed by atoms with E-state index in [4.69, 9.17) is 4.98 Å². The molecule has 0 aliphatic heterocycles. The van der Waals surface area contributed by atoms with E-state index in [0.29, 0.717) is 0 Å². The molecule has 1 heterocycles. The first-order valence-corrected chi connectivity index (χ1v) is 7.34. The van der Waals surface area contributed by atoms with Crippen molar-refractivity contribution in [3.05, 3.63) is 65.5 Å². The molecule has 108 valence electrons. The highest BCUT2D eigenvalue weighted by Crippen LogP contribution is 2.22. The minimum absolute atomic E-state index is 0.248. The maximum absolute atomic E-state index is 4.72. The predicted molar refractivity (Wildman–Crippen MR) is 87.2 cm³/mol. The molecule has 0 saturated heterocycles. The molecule has 0 bridgehead atoms. The molecule has 1 N–H and O–H groups in total. The van der Waals surface area contributed by atoms with Crippen LogP contribution in [0.2, 0.25) is 0 Å². The quantitative estimate of drug-likeness (QED) is 0.781. The van der Waals surface area contributed by atoms with Crippen LogP contribution in [0.25, 0.3) is 11.0 Å². The van der Waals surface area contributed by atoms with E-state index in [2.05, 4.69) is 79.3 Å². The van der Waals surface area contributed by atoms with Gasteiger partial charge in [-0.25, -0.2) is 4.98 Å². The number of rotatable bonds is 4. The Morgan fingerprint density at radius 2 is 1.90 bits per heavy atom. The lowest BCUT2D eigenvalue weighted by Gasteiger charge is -2.23. The van der Waals surface area contributed by atoms with Gasteiger partial charge in [-0.3, -0.25) is 4.90 Å². The number of nitrogens with one attached hydrogen (secondary N) is 1. The van der Waals surface area contributed by atoms with Crippen LogP contribution in [0, 0.1) is 6.92 Å². The van der Waals surface area contributed by atoms with Crippen molar-refractivity contribution in [2.24, 2.45) is 0 Å². The van der Waals surface area contributed by atoms with Crippen molar-refractivity contribution in [3.8, 4) is 0 Å². The van der Waals surface area contributed by atoms with E-state index < -0.39 is 0 Å². The SMILES string of the molecule is Cc1ccc2nc(C(C)N(C)Cc3ccccc3)[nH]c2c1. The predicted octanol–water partition coefficient (Wildman–Crippen LogP) is 4.06. The second kappa shape index (κ2) is 5.70. The first-order valence-electron chi connectivity index (χ1n) is 7.34. The van der Waals surface area contributed by atoms with E-state index in [1.165, 1.54) is 11.1 Å². The van der Waals surface area contributed by atoms with Gasteiger partial charge in [0.2, 0.25) is 0 Å². The summed E-state index contributed by atoms with van der Waals surface area (Å²) in [6.07, 6.45) is 0. The first kappa shape index (κ1) is 13.8. The molecule has 3 nitrogen and oxygen atoms in total. The molecule has 0 amide bonds. The van der Waals surface area contributed by atoms with Crippen LogP contribution in [0.3, 0.4) is 0 Å². The third-order valence-corrected chi connectivity index (χ3v) is 3.99. The minimum atomic E-state index is 0.248. The Morgan fingerprint density at radius 3 is 2.67 bits per heavy atom. The fraction of sp³-hybridized carbons (Fsp3) is 0.278. The summed E-state index contributed by atoms with van der Waals surface area (Å²) in [6, 6.07) is 17.1. The normalized spacial score (nSPS) is 13.0. The summed E-state index contributed by atoms with van der Waals surface area (Å²) in [6.45, 7) is 5.20. The summed E-state index contributed by atoms with van der Waals surface area (Å²) in [5, 5.41) is 0. The van der Waals surface area contributed by atoms with Gasteiger partial charge < -0.3 is 4.98 Å². The second-order valence-electron chi connectivity index (χ2n) is 5.72. The van der Waals surface area contributed by atoms with E-state index in [-0.39, 0.29) is 6.04 Å². The van der Waals surface area contributed by atoms with Crippen molar-refractivity contribution >= 4 is 11.0 Å². The summed E-state index contributed by atoms with van der Waals surface area (Å²) in [5.41, 5.74) is 4.72. The molecule has 1 atom stereocenters. The zero-order valence-electron chi connectivity index (χ0n) is 12.8. The zero-order valence-corrected chi connectivity index (χ0v) is 12.8. The highest BCUT2D eigenvalue weighted by molar-refractivity contribution is 5.75. The molecule has 0 saturated carbocycles. The number of nitrogens with zero attached hydrogens (tertiary/aromatic N) is 2. The number of imidazole rings is 1. The van der Waals surface area contributed by atoms with Crippen LogP contribution in [0.1, 0.15) is 29.9 Å². The average molecular weight is 279 g/mol. The Bertz CT molecular complexity index is 731. The summed E-state index contributed by atoms with van der Waals surface area (Å²) in [5.74, 6) is 1.02. The first-order chi connectivity index (χ1) is 10.1. The van der Waals surface area contributed by atoms with Gasteiger partial charge in [0, 0.05) is 6.54 Å². The molecule has 1 unspecified atom stereocenters. The molecule has 0 spiro atoms. The highest BCUT2D eigenvalue weighted by atomic mass is 15.2. The largest absolute Gasteiger partial charge is 0.341 e. The molecule has 0 radical (unpaired) electrons. The number of hydrogen-bond donors (Lipinski definition) is 1. The van der Waals surface area contributed by atoms with Gasteiger partial charge in [-0.2, -0.15) is 0 Å². The molecule has 1 aromatic heterocycles. The summed E-state index contributed by atoms with van der Waals surface area (Å²) < 4.78 is 0. The summed E-state index contributed by atoms with van der Waals surface area (Å²) in [4.78, 5) is 10.5. The number of aromatic nitrogens is 2. The molecule has 2 aromatic carbocycles. The van der Waals surface area contributed by atoms with Crippen LogP contribution in [0.4, 0.5) is 0 Å². The fourth-order valence-corrected chi connectivity index (χ4v) is 2.56. The van der Waals surface area contributed by atoms with E-state index in [1.54, 1.807) is 0 Å². The van der Waals surface area contributed by atoms with Crippen LogP contribution in [0.15, 0.2) is 48.5 Å². The number of H-pyrrole nitrogens is 1. The Hall–Kier alpha value is -2.13. The second-order valence-corrected chi connectivity index (χ2v) is 5.72. The monoisotopic (exact) mass is 279 g/mol. The van der Waals surface area contributed by atoms with Crippen LogP contribution in [-0.2, 0) is 6.54 Å². The molecule has 3 heteroatoms. The highest BCUT2D eigenvalue weighted by Gasteiger charge is 2.15. The van der Waals surface area contributed by atoms with Crippen molar-refractivity contribution < 1.29 is 0 Å². The van der Waals surface area contributed by atoms with Crippen LogP contribution in [-0.4, -0.2) is 21.9 Å². The molecular weight excluding hydrogens is 258 g/mol. The maximum atomic E-state index is 4.72. The van der Waals surface area contributed by atoms with E-state index in [1.807, 2.05) is 0 Å². The van der Waals surface area contributed by atoms with Crippen molar-refractivity contribution in [1.82, 2.24) is 14.9 Å². The van der Waals surface area contributed by atoms with E-state index in [0.717, 1.165) is 23.4 Å². The van der Waals surface area contributed by atoms with Gasteiger partial charge in [-0.05, 0) is 44.2 Å². The number of hydrogen-bond acceptors (Lipinski definition) is 2. The van der Waals surface area contributed by atoms with Crippen molar-refractivity contribution in [2.45, 2.75) is 26.4 Å². The van der Waals surface area contributed by atoms with Crippen molar-refractivity contribution in [3.63, 3.8) is 0 Å². The standard InChI is InChI=1S/C18H21N3/c1-13-9-10-16-17(11-13)20-18(19-16)14(2)21(3)12-15-7-5-4-6-8-15/h4-11,14H,12H2,1-3H3,(H,19,20). The van der Waals surface area contributed by atoms with Gasteiger partial charge >= 0.3 is 0 Å². The topological polar surface area (TPSA) is 31.9 Å². The van der Waals surface area contributed by atoms with Crippen molar-refractivity contribution in [1.29, 1.82) is 0 Å². The molecule has 3 aromatic rings. The van der Waals surface area contributed by atoms with E-state index >= 15 is 0 Å². The van der Waals surface area contributed by atoms with E-state index in [9.17, 15) is 0 Å². The lowest BCUT2D eigenvalue weighted by molar-refractivity contribution is 0.245. The molecule has 0 aliphatic carbocycles. The van der Waals surface area contributed by atoms with Crippen molar-refractivity contribution in [2.75, 3.05) is 7.05 Å². The molecule has 0 fully saturated rings. The molecule has 0 aliphatic rings. The van der Waals surface area contributed by atoms with Gasteiger partial charge in [0.1, 0.15) is 5.82 Å². The number of benzene rings is 2. The fourth-order valence-electron chi connectivity index (χ4n) is 2.56. The lowest BCUT2D eigenvalue weighted by Crippen LogP contribution is -2.22.